The second-order valence-corrected chi connectivity index (χ2v) is 6.19. The fraction of sp³-hybridized carbons (Fsp3) is 0.647. The van der Waals surface area contributed by atoms with Crippen molar-refractivity contribution in [3.05, 3.63) is 24.3 Å². The standard InChI is InChI=1S/C17H27N3/c1-19-13-14-20(17-10-6-5-9-16(17)19)12-11-18-15-7-3-2-4-8-15/h5-6,9-10,15,18H,2-4,7-8,11-14H2,1H3. The monoisotopic (exact) mass is 273 g/mol. The first-order valence-electron chi connectivity index (χ1n) is 8.13. The Labute approximate surface area is 123 Å². The summed E-state index contributed by atoms with van der Waals surface area (Å²) in [6.07, 6.45) is 7.01. The maximum Gasteiger partial charge on any atom is 0.0605 e. The Morgan fingerprint density at radius 2 is 1.80 bits per heavy atom. The molecule has 0 aromatic heterocycles. The van der Waals surface area contributed by atoms with E-state index in [2.05, 4.69) is 46.4 Å². The zero-order valence-electron chi connectivity index (χ0n) is 12.6. The fourth-order valence-corrected chi connectivity index (χ4v) is 3.51. The van der Waals surface area contributed by atoms with Crippen LogP contribution in [-0.2, 0) is 0 Å². The van der Waals surface area contributed by atoms with Crippen LogP contribution in [0.15, 0.2) is 24.3 Å². The molecule has 1 aliphatic carbocycles. The van der Waals surface area contributed by atoms with Gasteiger partial charge in [-0.3, -0.25) is 0 Å². The highest BCUT2D eigenvalue weighted by Gasteiger charge is 2.19. The van der Waals surface area contributed by atoms with Crippen LogP contribution in [0.3, 0.4) is 0 Å². The lowest BCUT2D eigenvalue weighted by atomic mass is 9.95. The molecule has 0 saturated heterocycles. The van der Waals surface area contributed by atoms with Crippen molar-refractivity contribution < 1.29 is 0 Å². The Morgan fingerprint density at radius 3 is 2.60 bits per heavy atom. The Balaban J connectivity index is 1.54. The summed E-state index contributed by atoms with van der Waals surface area (Å²) >= 11 is 0. The molecule has 1 N–H and O–H groups in total. The molecule has 1 saturated carbocycles. The number of rotatable bonds is 4. The van der Waals surface area contributed by atoms with Gasteiger partial charge in [-0.1, -0.05) is 31.4 Å². The molecule has 3 nitrogen and oxygen atoms in total. The second kappa shape index (κ2) is 6.49. The maximum atomic E-state index is 3.76. The lowest BCUT2D eigenvalue weighted by Gasteiger charge is -2.37. The average molecular weight is 273 g/mol. The molecule has 110 valence electrons. The van der Waals surface area contributed by atoms with Gasteiger partial charge in [-0.2, -0.15) is 0 Å². The van der Waals surface area contributed by atoms with E-state index in [1.807, 2.05) is 0 Å². The van der Waals surface area contributed by atoms with E-state index in [-0.39, 0.29) is 0 Å². The van der Waals surface area contributed by atoms with Gasteiger partial charge in [0.15, 0.2) is 0 Å². The number of hydrogen-bond acceptors (Lipinski definition) is 3. The van der Waals surface area contributed by atoms with E-state index in [0.717, 1.165) is 32.2 Å². The van der Waals surface area contributed by atoms with Crippen LogP contribution in [-0.4, -0.2) is 39.3 Å². The van der Waals surface area contributed by atoms with Crippen molar-refractivity contribution in [1.29, 1.82) is 0 Å². The lowest BCUT2D eigenvalue weighted by molar-refractivity contribution is 0.375. The Kier molecular flexibility index (Phi) is 4.46. The predicted molar refractivity (Wildman–Crippen MR) is 86.8 cm³/mol. The van der Waals surface area contributed by atoms with E-state index in [0.29, 0.717) is 0 Å². The molecular weight excluding hydrogens is 246 g/mol. The Bertz CT molecular complexity index is 426. The summed E-state index contributed by atoms with van der Waals surface area (Å²) in [5.74, 6) is 0. The summed E-state index contributed by atoms with van der Waals surface area (Å²) in [5, 5.41) is 3.76. The third kappa shape index (κ3) is 3.09. The molecule has 1 fully saturated rings. The maximum absolute atomic E-state index is 3.76. The number of nitrogens with zero attached hydrogens (tertiary/aromatic N) is 2. The topological polar surface area (TPSA) is 18.5 Å². The van der Waals surface area contributed by atoms with E-state index in [1.165, 1.54) is 43.5 Å². The van der Waals surface area contributed by atoms with Crippen molar-refractivity contribution in [1.82, 2.24) is 5.32 Å². The molecule has 0 spiro atoms. The van der Waals surface area contributed by atoms with Crippen LogP contribution in [0.5, 0.6) is 0 Å². The van der Waals surface area contributed by atoms with Gasteiger partial charge < -0.3 is 15.1 Å². The molecule has 1 aliphatic heterocycles. The van der Waals surface area contributed by atoms with Gasteiger partial charge in [-0.05, 0) is 25.0 Å². The molecule has 0 radical (unpaired) electrons. The van der Waals surface area contributed by atoms with Crippen LogP contribution < -0.4 is 15.1 Å². The van der Waals surface area contributed by atoms with Gasteiger partial charge in [0.25, 0.3) is 0 Å². The Hall–Kier alpha value is -1.22. The quantitative estimate of drug-likeness (QED) is 0.910. The minimum Gasteiger partial charge on any atom is -0.371 e. The predicted octanol–water partition coefficient (Wildman–Crippen LogP) is 2.87. The molecule has 2 aliphatic rings. The van der Waals surface area contributed by atoms with Gasteiger partial charge in [0.05, 0.1) is 11.4 Å². The normalized spacial score (nSPS) is 20.1. The van der Waals surface area contributed by atoms with Crippen molar-refractivity contribution in [2.45, 2.75) is 38.1 Å². The molecule has 20 heavy (non-hydrogen) atoms. The summed E-state index contributed by atoms with van der Waals surface area (Å²) in [6.45, 7) is 4.50. The van der Waals surface area contributed by atoms with E-state index >= 15 is 0 Å². The average Bonchev–Trinajstić information content (AvgIpc) is 2.51. The molecule has 0 unspecified atom stereocenters. The summed E-state index contributed by atoms with van der Waals surface area (Å²) in [6, 6.07) is 9.55. The van der Waals surface area contributed by atoms with Gasteiger partial charge in [0.2, 0.25) is 0 Å². The molecule has 1 heterocycles. The van der Waals surface area contributed by atoms with Crippen LogP contribution >= 0.6 is 0 Å². The zero-order chi connectivity index (χ0) is 13.8. The van der Waals surface area contributed by atoms with Gasteiger partial charge in [0.1, 0.15) is 0 Å². The van der Waals surface area contributed by atoms with Gasteiger partial charge >= 0.3 is 0 Å². The number of benzene rings is 1. The SMILES string of the molecule is CN1CCN(CCNC2CCCCC2)c2ccccc21. The summed E-state index contributed by atoms with van der Waals surface area (Å²) in [7, 11) is 2.19. The number of para-hydroxylation sites is 2. The van der Waals surface area contributed by atoms with Gasteiger partial charge in [0, 0.05) is 39.3 Å². The Morgan fingerprint density at radius 1 is 1.05 bits per heavy atom. The van der Waals surface area contributed by atoms with Gasteiger partial charge in [-0.15, -0.1) is 0 Å². The molecule has 1 aromatic carbocycles. The molecule has 0 amide bonds. The highest BCUT2D eigenvalue weighted by molar-refractivity contribution is 5.73. The second-order valence-electron chi connectivity index (χ2n) is 6.19. The number of likely N-dealkylation sites (N-methyl/N-ethyl adjacent to an activating group) is 1. The first-order chi connectivity index (χ1) is 9.84. The molecule has 0 atom stereocenters. The van der Waals surface area contributed by atoms with Crippen molar-refractivity contribution >= 4 is 11.4 Å². The lowest BCUT2D eigenvalue weighted by Crippen LogP contribution is -2.43. The van der Waals surface area contributed by atoms with Crippen LogP contribution in [0.4, 0.5) is 11.4 Å². The van der Waals surface area contributed by atoms with Crippen molar-refractivity contribution in [3.8, 4) is 0 Å². The summed E-state index contributed by atoms with van der Waals surface area (Å²) < 4.78 is 0. The summed E-state index contributed by atoms with van der Waals surface area (Å²) in [5.41, 5.74) is 2.77. The number of anilines is 2. The van der Waals surface area contributed by atoms with E-state index in [4.69, 9.17) is 0 Å². The molecule has 1 aromatic rings. The third-order valence-corrected chi connectivity index (χ3v) is 4.76. The zero-order valence-corrected chi connectivity index (χ0v) is 12.6. The molecule has 3 rings (SSSR count). The minimum atomic E-state index is 0.770. The smallest absolute Gasteiger partial charge is 0.0605 e. The minimum absolute atomic E-state index is 0.770. The van der Waals surface area contributed by atoms with E-state index < -0.39 is 0 Å². The number of fused-ring (bicyclic) bond motifs is 1. The fourth-order valence-electron chi connectivity index (χ4n) is 3.51. The van der Waals surface area contributed by atoms with E-state index in [1.54, 1.807) is 0 Å². The first-order valence-corrected chi connectivity index (χ1v) is 8.13. The largest absolute Gasteiger partial charge is 0.371 e. The number of hydrogen-bond donors (Lipinski definition) is 1. The summed E-state index contributed by atoms with van der Waals surface area (Å²) in [4.78, 5) is 4.89. The van der Waals surface area contributed by atoms with Crippen LogP contribution in [0.2, 0.25) is 0 Å². The first kappa shape index (κ1) is 13.7. The highest BCUT2D eigenvalue weighted by atomic mass is 15.3. The molecule has 3 heteroatoms. The van der Waals surface area contributed by atoms with Crippen molar-refractivity contribution in [3.63, 3.8) is 0 Å². The van der Waals surface area contributed by atoms with Crippen LogP contribution in [0.1, 0.15) is 32.1 Å². The van der Waals surface area contributed by atoms with Gasteiger partial charge in [-0.25, -0.2) is 0 Å². The van der Waals surface area contributed by atoms with E-state index in [9.17, 15) is 0 Å². The number of nitrogens with one attached hydrogen (secondary N) is 1. The van der Waals surface area contributed by atoms with Crippen molar-refractivity contribution in [2.24, 2.45) is 0 Å². The van der Waals surface area contributed by atoms with Crippen molar-refractivity contribution in [2.75, 3.05) is 43.0 Å². The van der Waals surface area contributed by atoms with Crippen LogP contribution in [0, 0.1) is 0 Å². The van der Waals surface area contributed by atoms with Crippen LogP contribution in [0.25, 0.3) is 0 Å². The third-order valence-electron chi connectivity index (χ3n) is 4.76. The molecular formula is C17H27N3. The highest BCUT2D eigenvalue weighted by Crippen LogP contribution is 2.31. The molecule has 0 bridgehead atoms.